The third-order valence-corrected chi connectivity index (χ3v) is 6.10. The summed E-state index contributed by atoms with van der Waals surface area (Å²) in [4.78, 5) is 0. The van der Waals surface area contributed by atoms with Crippen molar-refractivity contribution in [3.63, 3.8) is 0 Å². The van der Waals surface area contributed by atoms with Gasteiger partial charge < -0.3 is 0 Å². The summed E-state index contributed by atoms with van der Waals surface area (Å²) in [5.41, 5.74) is 1.88. The van der Waals surface area contributed by atoms with E-state index < -0.39 is 0 Å². The molecule has 2 fully saturated rings. The first kappa shape index (κ1) is 13.1. The monoisotopic (exact) mass is 210 g/mol. The van der Waals surface area contributed by atoms with Crippen molar-refractivity contribution < 1.29 is 0 Å². The quantitative estimate of drug-likeness (QED) is 0.501. The summed E-state index contributed by atoms with van der Waals surface area (Å²) in [6.07, 6.45) is 10.4. The van der Waals surface area contributed by atoms with Crippen LogP contribution in [0, 0.1) is 16.2 Å². The van der Waals surface area contributed by atoms with Crippen molar-refractivity contribution in [2.24, 2.45) is 16.2 Å². The molecule has 0 nitrogen and oxygen atoms in total. The Balaban J connectivity index is 0.00000112. The molecule has 0 heteroatoms. The molecule has 0 saturated heterocycles. The lowest BCUT2D eigenvalue weighted by molar-refractivity contribution is 0.271. The van der Waals surface area contributed by atoms with E-state index in [0.29, 0.717) is 16.2 Å². The van der Waals surface area contributed by atoms with Crippen LogP contribution in [0.3, 0.4) is 0 Å². The van der Waals surface area contributed by atoms with E-state index in [9.17, 15) is 0 Å². The molecule has 0 radical (unpaired) electrons. The van der Waals surface area contributed by atoms with Crippen LogP contribution in [0.4, 0.5) is 0 Å². The fourth-order valence-corrected chi connectivity index (χ4v) is 4.30. The molecule has 0 aromatic heterocycles. The second kappa shape index (κ2) is 3.79. The highest BCUT2D eigenvalue weighted by molar-refractivity contribution is 5.23. The Hall–Kier alpha value is 0. The molecule has 2 saturated carbocycles. The molecule has 90 valence electrons. The van der Waals surface area contributed by atoms with E-state index in [1.165, 1.54) is 44.9 Å². The van der Waals surface area contributed by atoms with Crippen molar-refractivity contribution in [1.29, 1.82) is 0 Å². The molecule has 2 aliphatic carbocycles. The Kier molecular flexibility index (Phi) is 3.30. The maximum Gasteiger partial charge on any atom is -0.0184 e. The van der Waals surface area contributed by atoms with E-state index >= 15 is 0 Å². The predicted molar refractivity (Wildman–Crippen MR) is 69.0 cm³/mol. The van der Waals surface area contributed by atoms with Gasteiger partial charge in [-0.05, 0) is 29.1 Å². The average Bonchev–Trinajstić information content (AvgIpc) is 2.34. The molecule has 0 aliphatic heterocycles. The van der Waals surface area contributed by atoms with Crippen molar-refractivity contribution in [2.45, 2.75) is 80.1 Å². The highest BCUT2D eigenvalue weighted by Gasteiger charge is 2.74. The molecule has 0 unspecified atom stereocenters. The molecule has 0 amide bonds. The molecule has 2 aliphatic rings. The van der Waals surface area contributed by atoms with Gasteiger partial charge in [-0.15, -0.1) is 0 Å². The fourth-order valence-electron chi connectivity index (χ4n) is 4.30. The Morgan fingerprint density at radius 2 is 0.933 bits per heavy atom. The van der Waals surface area contributed by atoms with Gasteiger partial charge in [0.25, 0.3) is 0 Å². The molecule has 0 bridgehead atoms. The summed E-state index contributed by atoms with van der Waals surface area (Å²) in [7, 11) is 0. The second-order valence-electron chi connectivity index (χ2n) is 6.60. The predicted octanol–water partition coefficient (Wildman–Crippen LogP) is 5.42. The highest BCUT2D eigenvalue weighted by Crippen LogP contribution is 2.81. The first-order valence-corrected chi connectivity index (χ1v) is 6.46. The van der Waals surface area contributed by atoms with Gasteiger partial charge in [0, 0.05) is 0 Å². The largest absolute Gasteiger partial charge is 0.0776 e. The van der Waals surface area contributed by atoms with Crippen LogP contribution in [0.25, 0.3) is 0 Å². The summed E-state index contributed by atoms with van der Waals surface area (Å²) < 4.78 is 0. The Morgan fingerprint density at radius 3 is 1.27 bits per heavy atom. The summed E-state index contributed by atoms with van der Waals surface area (Å²) in [6.45, 7) is 9.98. The van der Waals surface area contributed by atoms with Gasteiger partial charge in [-0.3, -0.25) is 0 Å². The number of hydrogen-bond acceptors (Lipinski definition) is 0. The maximum absolute atomic E-state index is 2.49. The topological polar surface area (TPSA) is 0 Å². The van der Waals surface area contributed by atoms with E-state index in [1.807, 2.05) is 0 Å². The van der Waals surface area contributed by atoms with Crippen molar-refractivity contribution >= 4 is 0 Å². The first-order valence-electron chi connectivity index (χ1n) is 6.46. The molecule has 0 aromatic carbocycles. The maximum atomic E-state index is 2.49. The minimum absolute atomic E-state index is 0. The fraction of sp³-hybridized carbons (Fsp3) is 1.00. The molecular weight excluding hydrogens is 180 g/mol. The molecule has 2 rings (SSSR count). The van der Waals surface area contributed by atoms with Gasteiger partial charge in [-0.1, -0.05) is 67.2 Å². The van der Waals surface area contributed by atoms with Crippen LogP contribution in [0.5, 0.6) is 0 Å². The van der Waals surface area contributed by atoms with Crippen LogP contribution in [-0.2, 0) is 0 Å². The summed E-state index contributed by atoms with van der Waals surface area (Å²) in [6, 6.07) is 0. The van der Waals surface area contributed by atoms with Gasteiger partial charge in [-0.25, -0.2) is 0 Å². The van der Waals surface area contributed by atoms with Crippen LogP contribution in [0.2, 0.25) is 0 Å². The van der Waals surface area contributed by atoms with E-state index in [4.69, 9.17) is 0 Å². The van der Waals surface area contributed by atoms with Crippen LogP contribution in [0.1, 0.15) is 80.1 Å². The van der Waals surface area contributed by atoms with Crippen LogP contribution in [-0.4, -0.2) is 0 Å². The zero-order chi connectivity index (χ0) is 10.4. The molecule has 0 aromatic rings. The lowest BCUT2D eigenvalue weighted by Gasteiger charge is -2.24. The van der Waals surface area contributed by atoms with Gasteiger partial charge in [0.15, 0.2) is 0 Å². The van der Waals surface area contributed by atoms with E-state index in [-0.39, 0.29) is 7.43 Å². The van der Waals surface area contributed by atoms with E-state index in [0.717, 1.165) is 0 Å². The van der Waals surface area contributed by atoms with Crippen molar-refractivity contribution in [1.82, 2.24) is 0 Å². The van der Waals surface area contributed by atoms with Crippen molar-refractivity contribution in [3.8, 4) is 0 Å². The zero-order valence-electron chi connectivity index (χ0n) is 10.4. The van der Waals surface area contributed by atoms with E-state index in [1.54, 1.807) is 0 Å². The summed E-state index contributed by atoms with van der Waals surface area (Å²) in [5, 5.41) is 0. The molecule has 0 heterocycles. The smallest absolute Gasteiger partial charge is 0.0184 e. The normalized spacial score (nSPS) is 31.2. The van der Waals surface area contributed by atoms with Crippen LogP contribution >= 0.6 is 0 Å². The minimum Gasteiger partial charge on any atom is -0.0776 e. The van der Waals surface area contributed by atoms with Crippen molar-refractivity contribution in [2.75, 3.05) is 0 Å². The third kappa shape index (κ3) is 1.47. The van der Waals surface area contributed by atoms with Gasteiger partial charge in [0.05, 0.1) is 0 Å². The lowest BCUT2D eigenvalue weighted by atomic mass is 9.81. The summed E-state index contributed by atoms with van der Waals surface area (Å²) >= 11 is 0. The Morgan fingerprint density at radius 1 is 0.600 bits per heavy atom. The van der Waals surface area contributed by atoms with Gasteiger partial charge in [-0.2, -0.15) is 0 Å². The second-order valence-corrected chi connectivity index (χ2v) is 6.60. The van der Waals surface area contributed by atoms with Gasteiger partial charge >= 0.3 is 0 Å². The molecule has 0 atom stereocenters. The molecule has 15 heavy (non-hydrogen) atoms. The average molecular weight is 210 g/mol. The first-order chi connectivity index (χ1) is 6.46. The molecular formula is C15H30. The van der Waals surface area contributed by atoms with Gasteiger partial charge in [0.2, 0.25) is 0 Å². The lowest BCUT2D eigenvalue weighted by Crippen LogP contribution is -2.12. The molecule has 0 N–H and O–H groups in total. The number of hydrogen-bond donors (Lipinski definition) is 0. The Labute approximate surface area is 96.8 Å². The Bertz CT molecular complexity index is 198. The SMILES string of the molecule is C.CC1(C)C(C)(C)C12CCCCCCC2. The van der Waals surface area contributed by atoms with E-state index in [2.05, 4.69) is 27.7 Å². The summed E-state index contributed by atoms with van der Waals surface area (Å²) in [5.74, 6) is 0. The zero-order valence-corrected chi connectivity index (χ0v) is 10.4. The molecule has 1 spiro atoms. The third-order valence-electron chi connectivity index (χ3n) is 6.10. The van der Waals surface area contributed by atoms with Crippen molar-refractivity contribution in [3.05, 3.63) is 0 Å². The number of rotatable bonds is 0. The highest BCUT2D eigenvalue weighted by atomic mass is 14.8. The standard InChI is InChI=1S/C14H26.CH4/c1-12(2)13(3,4)14(12)10-8-6-5-7-9-11-14;/h5-11H2,1-4H3;1H4. The van der Waals surface area contributed by atoms with Crippen LogP contribution in [0.15, 0.2) is 0 Å². The minimum atomic E-state index is 0. The van der Waals surface area contributed by atoms with Crippen LogP contribution < -0.4 is 0 Å². The van der Waals surface area contributed by atoms with Gasteiger partial charge in [0.1, 0.15) is 0 Å².